The van der Waals surface area contributed by atoms with Gasteiger partial charge in [0.15, 0.2) is 5.43 Å². The molecule has 6 heteroatoms. The molecule has 0 spiro atoms. The van der Waals surface area contributed by atoms with Gasteiger partial charge in [0.1, 0.15) is 11.3 Å². The SMILES string of the molecule is CCCOc1ccc([C@@H]2c3c(oc4ccccc4c3=O)C(=O)N2C[C@H]2CCCO2)cc1. The molecule has 0 saturated carbocycles. The van der Waals surface area contributed by atoms with Crippen molar-refractivity contribution in [3.8, 4) is 5.75 Å². The van der Waals surface area contributed by atoms with Crippen molar-refractivity contribution in [2.45, 2.75) is 38.3 Å². The lowest BCUT2D eigenvalue weighted by molar-refractivity contribution is 0.0486. The van der Waals surface area contributed by atoms with Crippen LogP contribution in [0.15, 0.2) is 57.7 Å². The van der Waals surface area contributed by atoms with E-state index < -0.39 is 6.04 Å². The van der Waals surface area contributed by atoms with Crippen LogP contribution >= 0.6 is 0 Å². The third-order valence-corrected chi connectivity index (χ3v) is 5.97. The largest absolute Gasteiger partial charge is 0.494 e. The Labute approximate surface area is 180 Å². The summed E-state index contributed by atoms with van der Waals surface area (Å²) in [5.74, 6) is 0.647. The molecule has 0 unspecified atom stereocenters. The third-order valence-electron chi connectivity index (χ3n) is 5.97. The van der Waals surface area contributed by atoms with Gasteiger partial charge in [-0.1, -0.05) is 31.2 Å². The molecular weight excluding hydrogens is 394 g/mol. The van der Waals surface area contributed by atoms with Gasteiger partial charge in [0.05, 0.1) is 29.7 Å². The molecule has 3 aromatic rings. The topological polar surface area (TPSA) is 69.0 Å². The average Bonchev–Trinajstić information content (AvgIpc) is 3.41. The summed E-state index contributed by atoms with van der Waals surface area (Å²) in [5.41, 5.74) is 1.54. The Kier molecular flexibility index (Phi) is 5.24. The molecular formula is C25H25NO5. The molecule has 2 atom stereocenters. The zero-order valence-corrected chi connectivity index (χ0v) is 17.5. The van der Waals surface area contributed by atoms with Crippen LogP contribution in [-0.2, 0) is 4.74 Å². The lowest BCUT2D eigenvalue weighted by atomic mass is 9.98. The molecule has 160 valence electrons. The predicted molar refractivity (Wildman–Crippen MR) is 117 cm³/mol. The van der Waals surface area contributed by atoms with Crippen LogP contribution < -0.4 is 10.2 Å². The van der Waals surface area contributed by atoms with Crippen molar-refractivity contribution in [3.05, 3.63) is 75.6 Å². The minimum Gasteiger partial charge on any atom is -0.494 e. The second kappa shape index (κ2) is 8.19. The van der Waals surface area contributed by atoms with Gasteiger partial charge in [-0.05, 0) is 49.1 Å². The van der Waals surface area contributed by atoms with Gasteiger partial charge in [0.2, 0.25) is 5.76 Å². The van der Waals surface area contributed by atoms with Gasteiger partial charge in [-0.3, -0.25) is 9.59 Å². The quantitative estimate of drug-likeness (QED) is 0.596. The third kappa shape index (κ3) is 3.51. The Morgan fingerprint density at radius 2 is 1.90 bits per heavy atom. The van der Waals surface area contributed by atoms with Gasteiger partial charge in [0, 0.05) is 13.2 Å². The van der Waals surface area contributed by atoms with Crippen LogP contribution in [0.2, 0.25) is 0 Å². The summed E-state index contributed by atoms with van der Waals surface area (Å²) in [6.07, 6.45) is 2.78. The molecule has 1 amide bonds. The highest BCUT2D eigenvalue weighted by Crippen LogP contribution is 2.39. The molecule has 0 N–H and O–H groups in total. The number of carbonyl (C=O) groups is 1. The Bertz CT molecular complexity index is 1160. The first-order valence-corrected chi connectivity index (χ1v) is 10.9. The maximum absolute atomic E-state index is 13.4. The van der Waals surface area contributed by atoms with E-state index in [0.717, 1.165) is 30.6 Å². The number of hydrogen-bond donors (Lipinski definition) is 0. The van der Waals surface area contributed by atoms with Crippen molar-refractivity contribution in [1.82, 2.24) is 4.90 Å². The van der Waals surface area contributed by atoms with E-state index >= 15 is 0 Å². The standard InChI is InChI=1S/C25H25NO5/c1-2-13-29-17-11-9-16(10-12-17)22-21-23(27)19-7-3-4-8-20(19)31-24(21)25(28)26(22)15-18-6-5-14-30-18/h3-4,7-12,18,22H,2,5-6,13-15H2,1H3/t18-,22-/m1/s1. The number of benzene rings is 2. The van der Waals surface area contributed by atoms with E-state index in [1.165, 1.54) is 0 Å². The van der Waals surface area contributed by atoms with Crippen molar-refractivity contribution in [2.24, 2.45) is 0 Å². The van der Waals surface area contributed by atoms with Gasteiger partial charge in [-0.25, -0.2) is 0 Å². The first-order valence-electron chi connectivity index (χ1n) is 10.9. The molecule has 1 fully saturated rings. The van der Waals surface area contributed by atoms with Crippen molar-refractivity contribution in [2.75, 3.05) is 19.8 Å². The minimum absolute atomic E-state index is 0.0301. The summed E-state index contributed by atoms with van der Waals surface area (Å²) >= 11 is 0. The lowest BCUT2D eigenvalue weighted by Gasteiger charge is -2.27. The second-order valence-electron chi connectivity index (χ2n) is 8.08. The summed E-state index contributed by atoms with van der Waals surface area (Å²) in [6, 6.07) is 14.2. The van der Waals surface area contributed by atoms with E-state index in [4.69, 9.17) is 13.9 Å². The zero-order valence-electron chi connectivity index (χ0n) is 17.5. The molecule has 0 aliphatic carbocycles. The van der Waals surface area contributed by atoms with E-state index in [2.05, 4.69) is 6.92 Å². The number of fused-ring (bicyclic) bond motifs is 2. The van der Waals surface area contributed by atoms with Gasteiger partial charge >= 0.3 is 0 Å². The maximum Gasteiger partial charge on any atom is 0.291 e. The normalized spacial score (nSPS) is 20.4. The molecule has 2 aliphatic heterocycles. The van der Waals surface area contributed by atoms with Crippen LogP contribution in [0.4, 0.5) is 0 Å². The molecule has 0 bridgehead atoms. The van der Waals surface area contributed by atoms with E-state index in [1.54, 1.807) is 29.2 Å². The molecule has 31 heavy (non-hydrogen) atoms. The number of amides is 1. The highest BCUT2D eigenvalue weighted by Gasteiger charge is 2.43. The number of nitrogens with zero attached hydrogens (tertiary/aromatic N) is 1. The first-order chi connectivity index (χ1) is 15.2. The summed E-state index contributed by atoms with van der Waals surface area (Å²) < 4.78 is 17.5. The Hall–Kier alpha value is -3.12. The molecule has 6 nitrogen and oxygen atoms in total. The molecule has 3 heterocycles. The van der Waals surface area contributed by atoms with Gasteiger partial charge < -0.3 is 18.8 Å². The Morgan fingerprint density at radius 3 is 2.65 bits per heavy atom. The zero-order chi connectivity index (χ0) is 21.4. The fourth-order valence-electron chi connectivity index (χ4n) is 4.48. The smallest absolute Gasteiger partial charge is 0.291 e. The number of para-hydroxylation sites is 1. The van der Waals surface area contributed by atoms with Crippen LogP contribution in [-0.4, -0.2) is 36.7 Å². The molecule has 2 aliphatic rings. The van der Waals surface area contributed by atoms with Crippen molar-refractivity contribution < 1.29 is 18.7 Å². The van der Waals surface area contributed by atoms with Gasteiger partial charge in [-0.2, -0.15) is 0 Å². The fraction of sp³-hybridized carbons (Fsp3) is 0.360. The van der Waals surface area contributed by atoms with E-state index in [9.17, 15) is 9.59 Å². The van der Waals surface area contributed by atoms with Crippen LogP contribution in [0.5, 0.6) is 5.75 Å². The Balaban J connectivity index is 1.61. The molecule has 1 saturated heterocycles. The summed E-state index contributed by atoms with van der Waals surface area (Å²) in [6.45, 7) is 3.83. The number of ether oxygens (including phenoxy) is 2. The molecule has 2 aromatic carbocycles. The predicted octanol–water partition coefficient (Wildman–Crippen LogP) is 4.31. The van der Waals surface area contributed by atoms with Crippen LogP contribution in [0.25, 0.3) is 11.0 Å². The Morgan fingerprint density at radius 1 is 1.10 bits per heavy atom. The van der Waals surface area contributed by atoms with Gasteiger partial charge in [-0.15, -0.1) is 0 Å². The summed E-state index contributed by atoms with van der Waals surface area (Å²) in [5, 5.41) is 0.487. The van der Waals surface area contributed by atoms with Gasteiger partial charge in [0.25, 0.3) is 5.91 Å². The van der Waals surface area contributed by atoms with Crippen LogP contribution in [0, 0.1) is 0 Å². The van der Waals surface area contributed by atoms with Crippen molar-refractivity contribution in [1.29, 1.82) is 0 Å². The van der Waals surface area contributed by atoms with Crippen LogP contribution in [0.1, 0.15) is 53.9 Å². The molecule has 1 aromatic heterocycles. The number of rotatable bonds is 6. The number of hydrogen-bond acceptors (Lipinski definition) is 5. The number of carbonyl (C=O) groups excluding carboxylic acids is 1. The van der Waals surface area contributed by atoms with E-state index in [0.29, 0.717) is 36.3 Å². The van der Waals surface area contributed by atoms with Crippen LogP contribution in [0.3, 0.4) is 0 Å². The fourth-order valence-corrected chi connectivity index (χ4v) is 4.48. The van der Waals surface area contributed by atoms with E-state index in [-0.39, 0.29) is 23.2 Å². The van der Waals surface area contributed by atoms with Crippen molar-refractivity contribution >= 4 is 16.9 Å². The second-order valence-corrected chi connectivity index (χ2v) is 8.08. The average molecular weight is 419 g/mol. The molecule has 0 radical (unpaired) electrons. The summed E-state index contributed by atoms with van der Waals surface area (Å²) in [4.78, 5) is 28.6. The lowest BCUT2D eigenvalue weighted by Crippen LogP contribution is -2.36. The van der Waals surface area contributed by atoms with Crippen molar-refractivity contribution in [3.63, 3.8) is 0 Å². The first kappa shape index (κ1) is 19.8. The molecule has 5 rings (SSSR count). The summed E-state index contributed by atoms with van der Waals surface area (Å²) in [7, 11) is 0. The minimum atomic E-state index is -0.507. The monoisotopic (exact) mass is 419 g/mol. The van der Waals surface area contributed by atoms with E-state index in [1.807, 2.05) is 24.3 Å². The highest BCUT2D eigenvalue weighted by atomic mass is 16.5. The maximum atomic E-state index is 13.4. The highest BCUT2D eigenvalue weighted by molar-refractivity contribution is 5.99.